The molecule has 0 bridgehead atoms. The number of hydrogen-bond acceptors (Lipinski definition) is 3. The summed E-state index contributed by atoms with van der Waals surface area (Å²) in [5, 5.41) is 8.42. The van der Waals surface area contributed by atoms with E-state index in [2.05, 4.69) is 16.0 Å². The molecule has 1 aliphatic heterocycles. The second-order valence-electron chi connectivity index (χ2n) is 6.74. The third-order valence-corrected chi connectivity index (χ3v) is 4.64. The monoisotopic (exact) mass is 391 g/mol. The second kappa shape index (κ2) is 8.02. The van der Waals surface area contributed by atoms with Crippen LogP contribution < -0.4 is 16.0 Å². The molecule has 0 aliphatic carbocycles. The van der Waals surface area contributed by atoms with Gasteiger partial charge in [0.15, 0.2) is 0 Å². The van der Waals surface area contributed by atoms with E-state index in [4.69, 9.17) is 0 Å². The van der Waals surface area contributed by atoms with E-state index in [1.54, 1.807) is 19.1 Å². The molecule has 2 amide bonds. The van der Waals surface area contributed by atoms with Gasteiger partial charge in [0.1, 0.15) is 0 Å². The highest BCUT2D eigenvalue weighted by atomic mass is 19.4. The molecule has 148 valence electrons. The summed E-state index contributed by atoms with van der Waals surface area (Å²) in [7, 11) is 0. The van der Waals surface area contributed by atoms with Crippen LogP contribution in [-0.2, 0) is 11.0 Å². The van der Waals surface area contributed by atoms with E-state index in [9.17, 15) is 22.8 Å². The molecule has 2 aromatic carbocycles. The van der Waals surface area contributed by atoms with Gasteiger partial charge in [-0.05, 0) is 55.8 Å². The predicted octanol–water partition coefficient (Wildman–Crippen LogP) is 3.81. The maximum Gasteiger partial charge on any atom is 0.416 e. The van der Waals surface area contributed by atoms with Crippen molar-refractivity contribution in [3.63, 3.8) is 0 Å². The van der Waals surface area contributed by atoms with Crippen LogP contribution in [0.3, 0.4) is 0 Å². The Labute approximate surface area is 160 Å². The molecule has 1 atom stereocenters. The van der Waals surface area contributed by atoms with Crippen LogP contribution in [0.25, 0.3) is 0 Å². The minimum Gasteiger partial charge on any atom is -0.326 e. The maximum atomic E-state index is 12.8. The van der Waals surface area contributed by atoms with Crippen molar-refractivity contribution in [1.29, 1.82) is 0 Å². The normalized spacial score (nSPS) is 16.6. The van der Waals surface area contributed by atoms with Gasteiger partial charge in [-0.3, -0.25) is 9.59 Å². The Kier molecular flexibility index (Phi) is 5.69. The van der Waals surface area contributed by atoms with Crippen LogP contribution in [0.15, 0.2) is 42.5 Å². The Hall–Kier alpha value is -2.87. The largest absolute Gasteiger partial charge is 0.416 e. The lowest BCUT2D eigenvalue weighted by molar-refractivity contribution is -0.137. The van der Waals surface area contributed by atoms with Crippen LogP contribution in [0.4, 0.5) is 24.5 Å². The smallest absolute Gasteiger partial charge is 0.326 e. The number of benzene rings is 2. The Balaban J connectivity index is 1.74. The Morgan fingerprint density at radius 1 is 1.11 bits per heavy atom. The molecular weight excluding hydrogens is 371 g/mol. The summed E-state index contributed by atoms with van der Waals surface area (Å²) in [5.74, 6) is -0.803. The number of carbonyl (C=O) groups is 2. The number of carbonyl (C=O) groups excluding carboxylic acids is 2. The van der Waals surface area contributed by atoms with E-state index >= 15 is 0 Å². The van der Waals surface area contributed by atoms with Crippen LogP contribution in [0.2, 0.25) is 0 Å². The lowest BCUT2D eigenvalue weighted by Crippen LogP contribution is -2.25. The topological polar surface area (TPSA) is 70.2 Å². The van der Waals surface area contributed by atoms with Crippen molar-refractivity contribution in [1.82, 2.24) is 5.32 Å². The van der Waals surface area contributed by atoms with E-state index in [-0.39, 0.29) is 23.1 Å². The number of nitrogens with one attached hydrogen (secondary N) is 3. The molecule has 0 spiro atoms. The zero-order valence-electron chi connectivity index (χ0n) is 15.2. The fourth-order valence-corrected chi connectivity index (χ4v) is 2.99. The third kappa shape index (κ3) is 4.69. The number of anilines is 2. The zero-order chi connectivity index (χ0) is 20.3. The minimum absolute atomic E-state index is 0.0445. The Morgan fingerprint density at radius 2 is 1.89 bits per heavy atom. The SMILES string of the molecule is Cc1ccc(C(=O)Nc2cccc(C(F)(F)F)c2)cc1NC(=O)C1CCNC1. The maximum absolute atomic E-state index is 12.8. The minimum atomic E-state index is -4.49. The van der Waals surface area contributed by atoms with E-state index < -0.39 is 17.6 Å². The van der Waals surface area contributed by atoms with Crippen molar-refractivity contribution in [2.24, 2.45) is 5.92 Å². The van der Waals surface area contributed by atoms with Gasteiger partial charge in [-0.1, -0.05) is 12.1 Å². The molecule has 1 aliphatic rings. The Morgan fingerprint density at radius 3 is 2.57 bits per heavy atom. The molecule has 1 unspecified atom stereocenters. The van der Waals surface area contributed by atoms with E-state index in [1.807, 2.05) is 0 Å². The molecule has 28 heavy (non-hydrogen) atoms. The zero-order valence-corrected chi connectivity index (χ0v) is 15.2. The molecule has 3 N–H and O–H groups in total. The number of rotatable bonds is 4. The summed E-state index contributed by atoms with van der Waals surface area (Å²) in [6.45, 7) is 3.20. The molecule has 1 saturated heterocycles. The fourth-order valence-electron chi connectivity index (χ4n) is 2.99. The lowest BCUT2D eigenvalue weighted by atomic mass is 10.1. The first-order valence-corrected chi connectivity index (χ1v) is 8.85. The summed E-state index contributed by atoms with van der Waals surface area (Å²) in [6, 6.07) is 9.20. The fraction of sp³-hybridized carbons (Fsp3) is 0.300. The average molecular weight is 391 g/mol. The van der Waals surface area contributed by atoms with Gasteiger partial charge in [-0.25, -0.2) is 0 Å². The van der Waals surface area contributed by atoms with E-state index in [1.165, 1.54) is 18.2 Å². The summed E-state index contributed by atoms with van der Waals surface area (Å²) in [6.07, 6.45) is -3.74. The van der Waals surface area contributed by atoms with Crippen LogP contribution in [0, 0.1) is 12.8 Å². The highest BCUT2D eigenvalue weighted by molar-refractivity contribution is 6.05. The number of halogens is 3. The van der Waals surface area contributed by atoms with Crippen LogP contribution in [0.1, 0.15) is 27.9 Å². The highest BCUT2D eigenvalue weighted by Gasteiger charge is 2.30. The number of amides is 2. The summed E-state index contributed by atoms with van der Waals surface area (Å²) < 4.78 is 38.5. The van der Waals surface area contributed by atoms with Crippen molar-refractivity contribution < 1.29 is 22.8 Å². The average Bonchev–Trinajstić information content (AvgIpc) is 3.18. The van der Waals surface area contributed by atoms with Gasteiger partial charge < -0.3 is 16.0 Å². The Bertz CT molecular complexity index is 891. The van der Waals surface area contributed by atoms with Crippen LogP contribution >= 0.6 is 0 Å². The van der Waals surface area contributed by atoms with Gasteiger partial charge in [0.25, 0.3) is 5.91 Å². The first-order valence-electron chi connectivity index (χ1n) is 8.85. The first-order chi connectivity index (χ1) is 13.2. The molecular formula is C20H20F3N3O2. The van der Waals surface area contributed by atoms with Crippen molar-refractivity contribution in [3.05, 3.63) is 59.2 Å². The van der Waals surface area contributed by atoms with E-state index in [0.717, 1.165) is 30.7 Å². The molecule has 2 aromatic rings. The van der Waals surface area contributed by atoms with Gasteiger partial charge in [0.05, 0.1) is 11.5 Å². The van der Waals surface area contributed by atoms with Crippen LogP contribution in [0.5, 0.6) is 0 Å². The predicted molar refractivity (Wildman–Crippen MR) is 100 cm³/mol. The van der Waals surface area contributed by atoms with Gasteiger partial charge in [-0.15, -0.1) is 0 Å². The summed E-state index contributed by atoms with van der Waals surface area (Å²) >= 11 is 0. The number of hydrogen-bond donors (Lipinski definition) is 3. The standard InChI is InChI=1S/C20H20F3N3O2/c1-12-5-6-13(9-17(12)26-19(28)14-7-8-24-11-14)18(27)25-16-4-2-3-15(10-16)20(21,22)23/h2-6,9-10,14,24H,7-8,11H2,1H3,(H,25,27)(H,26,28). The molecule has 0 saturated carbocycles. The van der Waals surface area contributed by atoms with Gasteiger partial charge in [0, 0.05) is 23.5 Å². The van der Waals surface area contributed by atoms with Crippen molar-refractivity contribution >= 4 is 23.2 Å². The number of alkyl halides is 3. The number of aryl methyl sites for hydroxylation is 1. The second-order valence-corrected chi connectivity index (χ2v) is 6.74. The van der Waals surface area contributed by atoms with Gasteiger partial charge >= 0.3 is 6.18 Å². The first kappa shape index (κ1) is 19.9. The van der Waals surface area contributed by atoms with Crippen LogP contribution in [-0.4, -0.2) is 24.9 Å². The summed E-state index contributed by atoms with van der Waals surface area (Å²) in [4.78, 5) is 24.8. The third-order valence-electron chi connectivity index (χ3n) is 4.64. The van der Waals surface area contributed by atoms with E-state index in [0.29, 0.717) is 12.2 Å². The molecule has 3 rings (SSSR count). The van der Waals surface area contributed by atoms with Gasteiger partial charge in [-0.2, -0.15) is 13.2 Å². The molecule has 1 heterocycles. The molecule has 0 aromatic heterocycles. The molecule has 0 radical (unpaired) electrons. The molecule has 5 nitrogen and oxygen atoms in total. The quantitative estimate of drug-likeness (QED) is 0.742. The van der Waals surface area contributed by atoms with Crippen molar-refractivity contribution in [2.45, 2.75) is 19.5 Å². The highest BCUT2D eigenvalue weighted by Crippen LogP contribution is 2.30. The molecule has 1 fully saturated rings. The lowest BCUT2D eigenvalue weighted by Gasteiger charge is -2.14. The summed E-state index contributed by atoms with van der Waals surface area (Å²) in [5.41, 5.74) is 0.738. The van der Waals surface area contributed by atoms with Gasteiger partial charge in [0.2, 0.25) is 5.91 Å². The van der Waals surface area contributed by atoms with Crippen molar-refractivity contribution in [3.8, 4) is 0 Å². The van der Waals surface area contributed by atoms with Crippen molar-refractivity contribution in [2.75, 3.05) is 23.7 Å². The molecule has 8 heteroatoms.